The van der Waals surface area contributed by atoms with Gasteiger partial charge in [-0.3, -0.25) is 14.4 Å². The molecule has 0 unspecified atom stereocenters. The molecule has 0 bridgehead atoms. The van der Waals surface area contributed by atoms with Crippen molar-refractivity contribution in [1.82, 2.24) is 0 Å². The predicted molar refractivity (Wildman–Crippen MR) is 62.7 cm³/mol. The highest BCUT2D eigenvalue weighted by atomic mass is 28.4. The smallest absolute Gasteiger partial charge is 0.355 e. The van der Waals surface area contributed by atoms with Gasteiger partial charge < -0.3 is 17.7 Å². The van der Waals surface area contributed by atoms with Gasteiger partial charge in [0.15, 0.2) is 17.3 Å². The lowest BCUT2D eigenvalue weighted by atomic mass is 10.5. The minimum atomic E-state index is -3.62. The highest BCUT2D eigenvalue weighted by molar-refractivity contribution is 6.54. The van der Waals surface area contributed by atoms with Crippen molar-refractivity contribution in [2.75, 3.05) is 26.9 Å². The van der Waals surface area contributed by atoms with Gasteiger partial charge in [0.1, 0.15) is 0 Å². The first-order valence-electron chi connectivity index (χ1n) is 5.26. The van der Waals surface area contributed by atoms with Gasteiger partial charge in [0, 0.05) is 7.11 Å². The molecule has 0 aliphatic heterocycles. The van der Waals surface area contributed by atoms with Crippen molar-refractivity contribution < 1.29 is 32.1 Å². The fourth-order valence-electron chi connectivity index (χ4n) is 0.872. The summed E-state index contributed by atoms with van der Waals surface area (Å²) in [6.07, 6.45) is 0. The number of hydrogen-bond donors (Lipinski definition) is 0. The van der Waals surface area contributed by atoms with E-state index in [1.54, 1.807) is 0 Å². The Kier molecular flexibility index (Phi) is 7.79. The van der Waals surface area contributed by atoms with E-state index in [2.05, 4.69) is 0 Å². The first-order valence-corrected chi connectivity index (χ1v) is 6.90. The van der Waals surface area contributed by atoms with Gasteiger partial charge in [-0.2, -0.15) is 0 Å². The number of carbonyl (C=O) groups excluding carboxylic acids is 3. The van der Waals surface area contributed by atoms with E-state index in [1.165, 1.54) is 27.9 Å². The summed E-state index contributed by atoms with van der Waals surface area (Å²) in [5, 5.41) is 0. The average Bonchev–Trinajstić information content (AvgIpc) is 2.28. The molecule has 0 saturated carbocycles. The lowest BCUT2D eigenvalue weighted by molar-refractivity contribution is -0.127. The van der Waals surface area contributed by atoms with Crippen molar-refractivity contribution in [1.29, 1.82) is 0 Å². The van der Waals surface area contributed by atoms with Gasteiger partial charge in [-0.1, -0.05) is 0 Å². The Balaban J connectivity index is 4.63. The van der Waals surface area contributed by atoms with Crippen LogP contribution in [0.2, 0.25) is 0 Å². The molecule has 0 aliphatic rings. The van der Waals surface area contributed by atoms with Crippen molar-refractivity contribution in [3.63, 3.8) is 0 Å². The Morgan fingerprint density at radius 2 is 1.06 bits per heavy atom. The summed E-state index contributed by atoms with van der Waals surface area (Å²) >= 11 is 0. The van der Waals surface area contributed by atoms with E-state index in [-0.39, 0.29) is 37.2 Å². The largest absolute Gasteiger partial charge is 0.680 e. The predicted octanol–water partition coefficient (Wildman–Crippen LogP) is -0.115. The highest BCUT2D eigenvalue weighted by Crippen LogP contribution is 2.11. The first-order chi connectivity index (χ1) is 8.31. The Morgan fingerprint density at radius 1 is 0.778 bits per heavy atom. The minimum Gasteiger partial charge on any atom is -0.355 e. The maximum absolute atomic E-state index is 10.9. The molecule has 0 aromatic carbocycles. The standard InChI is InChI=1S/C10H18O7Si/c1-8(11)5-15-18(14-4,16-6-9(2)12)17-7-10(3)13/h5-7H2,1-4H3. The van der Waals surface area contributed by atoms with E-state index < -0.39 is 9.05 Å². The first kappa shape index (κ1) is 17.1. The van der Waals surface area contributed by atoms with Crippen LogP contribution in [0.5, 0.6) is 0 Å². The van der Waals surface area contributed by atoms with Crippen LogP contribution >= 0.6 is 0 Å². The molecule has 0 aromatic heterocycles. The third-order valence-corrected chi connectivity index (χ3v) is 3.60. The molecule has 0 heterocycles. The Bertz CT molecular complexity index is 270. The Morgan fingerprint density at radius 3 is 1.22 bits per heavy atom. The summed E-state index contributed by atoms with van der Waals surface area (Å²) in [7, 11) is -2.35. The summed E-state index contributed by atoms with van der Waals surface area (Å²) in [6, 6.07) is 0. The number of ketones is 3. The second-order valence-corrected chi connectivity index (χ2v) is 5.95. The maximum atomic E-state index is 10.9. The lowest BCUT2D eigenvalue weighted by Gasteiger charge is -2.25. The summed E-state index contributed by atoms with van der Waals surface area (Å²) in [4.78, 5) is 32.6. The summed E-state index contributed by atoms with van der Waals surface area (Å²) in [5.74, 6) is -0.745. The van der Waals surface area contributed by atoms with Crippen molar-refractivity contribution in [3.8, 4) is 0 Å². The molecule has 0 radical (unpaired) electrons. The molecule has 0 saturated heterocycles. The molecule has 0 atom stereocenters. The van der Waals surface area contributed by atoms with Gasteiger partial charge in [-0.25, -0.2) is 0 Å². The molecule has 7 nitrogen and oxygen atoms in total. The van der Waals surface area contributed by atoms with Crippen LogP contribution in [0.1, 0.15) is 20.8 Å². The zero-order valence-corrected chi connectivity index (χ0v) is 12.0. The van der Waals surface area contributed by atoms with Crippen LogP contribution in [0, 0.1) is 0 Å². The molecule has 0 rings (SSSR count). The third kappa shape index (κ3) is 7.40. The van der Waals surface area contributed by atoms with Crippen LogP contribution in [0.25, 0.3) is 0 Å². The van der Waals surface area contributed by atoms with Gasteiger partial charge in [0.25, 0.3) is 0 Å². The topological polar surface area (TPSA) is 88.1 Å². The van der Waals surface area contributed by atoms with E-state index in [0.717, 1.165) is 0 Å². The van der Waals surface area contributed by atoms with Crippen LogP contribution in [0.3, 0.4) is 0 Å². The van der Waals surface area contributed by atoms with Crippen molar-refractivity contribution in [3.05, 3.63) is 0 Å². The molecular formula is C10H18O7Si. The molecule has 104 valence electrons. The minimum absolute atomic E-state index is 0.248. The number of Topliss-reactive ketones (excluding diaryl/α,β-unsaturated/α-hetero) is 3. The van der Waals surface area contributed by atoms with Gasteiger partial charge >= 0.3 is 9.05 Å². The van der Waals surface area contributed by atoms with Crippen LogP contribution in [-0.4, -0.2) is 53.3 Å². The molecule has 0 aromatic rings. The summed E-state index contributed by atoms with van der Waals surface area (Å²) in [6.45, 7) is 3.17. The SMILES string of the molecule is CO[Si](OCC(C)=O)(OCC(C)=O)OCC(C)=O. The van der Waals surface area contributed by atoms with Crippen molar-refractivity contribution in [2.45, 2.75) is 20.8 Å². The van der Waals surface area contributed by atoms with Crippen molar-refractivity contribution >= 4 is 26.4 Å². The molecule has 8 heteroatoms. The van der Waals surface area contributed by atoms with Crippen LogP contribution in [-0.2, 0) is 32.1 Å². The lowest BCUT2D eigenvalue weighted by Crippen LogP contribution is -2.50. The van der Waals surface area contributed by atoms with E-state index in [1.807, 2.05) is 0 Å². The van der Waals surface area contributed by atoms with E-state index >= 15 is 0 Å². The molecule has 0 fully saturated rings. The van der Waals surface area contributed by atoms with Gasteiger partial charge in [-0.15, -0.1) is 0 Å². The van der Waals surface area contributed by atoms with Crippen LogP contribution in [0.15, 0.2) is 0 Å². The fraction of sp³-hybridized carbons (Fsp3) is 0.700. The molecule has 18 heavy (non-hydrogen) atoms. The molecule has 0 spiro atoms. The van der Waals surface area contributed by atoms with Gasteiger partial charge in [-0.05, 0) is 20.8 Å². The molecule has 0 amide bonds. The zero-order chi connectivity index (χ0) is 14.2. The zero-order valence-electron chi connectivity index (χ0n) is 11.0. The molecule has 0 aliphatic carbocycles. The van der Waals surface area contributed by atoms with E-state index in [4.69, 9.17) is 17.7 Å². The van der Waals surface area contributed by atoms with Gasteiger partial charge in [0.2, 0.25) is 0 Å². The van der Waals surface area contributed by atoms with Crippen LogP contribution < -0.4 is 0 Å². The van der Waals surface area contributed by atoms with Gasteiger partial charge in [0.05, 0.1) is 19.8 Å². The normalized spacial score (nSPS) is 11.3. The Labute approximate surface area is 107 Å². The maximum Gasteiger partial charge on any atom is 0.680 e. The quantitative estimate of drug-likeness (QED) is 0.515. The summed E-state index contributed by atoms with van der Waals surface area (Å²) < 4.78 is 20.5. The van der Waals surface area contributed by atoms with E-state index in [0.29, 0.717) is 0 Å². The third-order valence-electron chi connectivity index (χ3n) is 1.61. The molecular weight excluding hydrogens is 260 g/mol. The average molecular weight is 278 g/mol. The highest BCUT2D eigenvalue weighted by Gasteiger charge is 2.45. The number of rotatable bonds is 10. The van der Waals surface area contributed by atoms with Crippen molar-refractivity contribution in [2.24, 2.45) is 0 Å². The molecule has 0 N–H and O–H groups in total. The summed E-state index contributed by atoms with van der Waals surface area (Å²) in [5.41, 5.74) is 0. The fourth-order valence-corrected chi connectivity index (χ4v) is 2.62. The Hall–Kier alpha value is -0.933. The second kappa shape index (κ2) is 8.22. The monoisotopic (exact) mass is 278 g/mol. The second-order valence-electron chi connectivity index (χ2n) is 3.68. The van der Waals surface area contributed by atoms with E-state index in [9.17, 15) is 14.4 Å². The number of carbonyl (C=O) groups is 3. The number of hydrogen-bond acceptors (Lipinski definition) is 7. The van der Waals surface area contributed by atoms with Crippen LogP contribution in [0.4, 0.5) is 0 Å².